The van der Waals surface area contributed by atoms with E-state index in [1.54, 1.807) is 29.9 Å². The molecule has 8 heteroatoms. The molecule has 0 aliphatic heterocycles. The van der Waals surface area contributed by atoms with Gasteiger partial charge in [-0.15, -0.1) is 0 Å². The van der Waals surface area contributed by atoms with Crippen LogP contribution in [0.4, 0.5) is 11.6 Å². The number of nitrogens with zero attached hydrogens (tertiary/aromatic N) is 4. The topological polar surface area (TPSA) is 91.0 Å². The van der Waals surface area contributed by atoms with Gasteiger partial charge in [-0.25, -0.2) is 9.78 Å². The van der Waals surface area contributed by atoms with Crippen LogP contribution in [0.15, 0.2) is 29.2 Å². The van der Waals surface area contributed by atoms with Gasteiger partial charge in [-0.3, -0.25) is 9.36 Å². The normalized spacial score (nSPS) is 15.1. The van der Waals surface area contributed by atoms with Crippen molar-refractivity contribution in [2.45, 2.75) is 57.9 Å². The third-order valence-corrected chi connectivity index (χ3v) is 6.04. The van der Waals surface area contributed by atoms with Crippen LogP contribution in [0.5, 0.6) is 0 Å². The number of nitrogens with one attached hydrogen (secondary N) is 1. The van der Waals surface area contributed by atoms with E-state index in [1.807, 2.05) is 17.6 Å². The number of aromatic nitrogens is 4. The summed E-state index contributed by atoms with van der Waals surface area (Å²) in [6.45, 7) is 2.05. The van der Waals surface area contributed by atoms with E-state index in [-0.39, 0.29) is 11.6 Å². The maximum atomic E-state index is 12.9. The summed E-state index contributed by atoms with van der Waals surface area (Å²) in [5.41, 5.74) is 2.66. The van der Waals surface area contributed by atoms with E-state index in [0.29, 0.717) is 23.0 Å². The molecule has 164 valence electrons. The van der Waals surface area contributed by atoms with Crippen molar-refractivity contribution in [2.24, 2.45) is 7.05 Å². The number of carbonyl (C=O) groups is 1. The number of rotatable bonds is 5. The van der Waals surface area contributed by atoms with Gasteiger partial charge in [0.25, 0.3) is 5.56 Å². The van der Waals surface area contributed by atoms with Gasteiger partial charge < -0.3 is 14.6 Å². The van der Waals surface area contributed by atoms with Crippen LogP contribution in [0.2, 0.25) is 0 Å². The average molecular weight is 424 g/mol. The molecule has 3 heterocycles. The summed E-state index contributed by atoms with van der Waals surface area (Å²) < 4.78 is 8.39. The fraction of sp³-hybridized carbons (Fsp3) is 0.478. The van der Waals surface area contributed by atoms with Crippen LogP contribution in [0.1, 0.15) is 67.7 Å². The number of carbonyl (C=O) groups excluding carboxylic acids is 1. The third kappa shape index (κ3) is 4.19. The van der Waals surface area contributed by atoms with E-state index >= 15 is 0 Å². The van der Waals surface area contributed by atoms with Crippen molar-refractivity contribution < 1.29 is 9.53 Å². The Morgan fingerprint density at radius 1 is 1.19 bits per heavy atom. The van der Waals surface area contributed by atoms with Gasteiger partial charge in [-0.1, -0.05) is 32.6 Å². The zero-order valence-electron chi connectivity index (χ0n) is 18.4. The highest BCUT2D eigenvalue weighted by Gasteiger charge is 2.20. The zero-order valence-corrected chi connectivity index (χ0v) is 18.4. The van der Waals surface area contributed by atoms with Crippen molar-refractivity contribution in [2.75, 3.05) is 12.4 Å². The minimum atomic E-state index is -0.411. The Morgan fingerprint density at radius 2 is 1.94 bits per heavy atom. The minimum Gasteiger partial charge on any atom is -0.464 e. The lowest BCUT2D eigenvalue weighted by atomic mass is 10.1. The van der Waals surface area contributed by atoms with Crippen LogP contribution in [0.3, 0.4) is 0 Å². The smallest absolute Gasteiger partial charge is 0.354 e. The maximum absolute atomic E-state index is 12.9. The molecule has 1 fully saturated rings. The summed E-state index contributed by atoms with van der Waals surface area (Å²) in [7, 11) is 3.13. The number of aryl methyl sites for hydroxylation is 2. The lowest BCUT2D eigenvalue weighted by molar-refractivity contribution is 0.0590. The molecule has 0 amide bonds. The Morgan fingerprint density at radius 3 is 2.61 bits per heavy atom. The number of hydrogen-bond donors (Lipinski definition) is 1. The first-order chi connectivity index (χ1) is 15.0. The predicted molar refractivity (Wildman–Crippen MR) is 120 cm³/mol. The summed E-state index contributed by atoms with van der Waals surface area (Å²) in [6.07, 6.45) is 9.19. The highest BCUT2D eigenvalue weighted by atomic mass is 16.5. The lowest BCUT2D eigenvalue weighted by Gasteiger charge is -2.20. The first kappa shape index (κ1) is 21.1. The van der Waals surface area contributed by atoms with E-state index < -0.39 is 5.97 Å². The highest BCUT2D eigenvalue weighted by Crippen LogP contribution is 2.29. The zero-order chi connectivity index (χ0) is 22.0. The van der Waals surface area contributed by atoms with Crippen molar-refractivity contribution >= 4 is 28.6 Å². The van der Waals surface area contributed by atoms with Crippen molar-refractivity contribution in [3.8, 4) is 0 Å². The molecule has 0 aromatic carbocycles. The van der Waals surface area contributed by atoms with Gasteiger partial charge in [0.05, 0.1) is 18.5 Å². The molecule has 1 aliphatic rings. The minimum absolute atomic E-state index is 0.0150. The number of pyridine rings is 1. The van der Waals surface area contributed by atoms with Gasteiger partial charge in [-0.2, -0.15) is 4.98 Å². The molecule has 3 aromatic heterocycles. The first-order valence-corrected chi connectivity index (χ1v) is 11.0. The van der Waals surface area contributed by atoms with Crippen LogP contribution in [0.25, 0.3) is 11.0 Å². The quantitative estimate of drug-likeness (QED) is 0.490. The van der Waals surface area contributed by atoms with E-state index in [0.717, 1.165) is 43.2 Å². The number of methoxy groups -OCH3 is 1. The fourth-order valence-electron chi connectivity index (χ4n) is 4.46. The Bertz CT molecular complexity index is 1160. The predicted octanol–water partition coefficient (Wildman–Crippen LogP) is 4.12. The van der Waals surface area contributed by atoms with Gasteiger partial charge in [-0.05, 0) is 31.4 Å². The molecule has 4 rings (SSSR count). The summed E-state index contributed by atoms with van der Waals surface area (Å²) in [4.78, 5) is 34.3. The van der Waals surface area contributed by atoms with Gasteiger partial charge >= 0.3 is 5.97 Å². The summed E-state index contributed by atoms with van der Waals surface area (Å²) in [6, 6.07) is 5.34. The van der Waals surface area contributed by atoms with Crippen molar-refractivity contribution in [3.63, 3.8) is 0 Å². The molecule has 1 N–H and O–H groups in total. The van der Waals surface area contributed by atoms with Crippen LogP contribution < -0.4 is 10.9 Å². The number of ether oxygens (including phenoxy) is 1. The van der Waals surface area contributed by atoms with Gasteiger partial charge in [0.1, 0.15) is 11.3 Å². The molecular weight excluding hydrogens is 394 g/mol. The van der Waals surface area contributed by atoms with Crippen molar-refractivity contribution in [3.05, 3.63) is 46.1 Å². The summed E-state index contributed by atoms with van der Waals surface area (Å²) >= 11 is 0. The molecule has 0 atom stereocenters. The molecule has 0 unspecified atom stereocenters. The van der Waals surface area contributed by atoms with Crippen molar-refractivity contribution in [1.29, 1.82) is 0 Å². The molecule has 0 radical (unpaired) electrons. The van der Waals surface area contributed by atoms with Crippen LogP contribution >= 0.6 is 0 Å². The van der Waals surface area contributed by atoms with Gasteiger partial charge in [0, 0.05) is 30.7 Å². The van der Waals surface area contributed by atoms with Crippen LogP contribution in [-0.4, -0.2) is 32.2 Å². The van der Waals surface area contributed by atoms with Gasteiger partial charge in [0.15, 0.2) is 0 Å². The maximum Gasteiger partial charge on any atom is 0.354 e. The summed E-state index contributed by atoms with van der Waals surface area (Å²) in [5, 5.41) is 4.12. The molecule has 31 heavy (non-hydrogen) atoms. The molecule has 1 aliphatic carbocycles. The van der Waals surface area contributed by atoms with E-state index in [1.165, 1.54) is 20.0 Å². The Kier molecular flexibility index (Phi) is 6.06. The Labute approximate surface area is 181 Å². The Hall–Kier alpha value is -3.16. The van der Waals surface area contributed by atoms with Crippen LogP contribution in [0, 0.1) is 0 Å². The van der Waals surface area contributed by atoms with Crippen molar-refractivity contribution in [1.82, 2.24) is 19.1 Å². The second kappa shape index (κ2) is 8.91. The number of hydrogen-bond acceptors (Lipinski definition) is 6. The molecule has 0 spiro atoms. The van der Waals surface area contributed by atoms with E-state index in [9.17, 15) is 9.59 Å². The average Bonchev–Trinajstić information content (AvgIpc) is 2.95. The monoisotopic (exact) mass is 423 g/mol. The third-order valence-electron chi connectivity index (χ3n) is 6.04. The lowest BCUT2D eigenvalue weighted by Crippen LogP contribution is -2.25. The van der Waals surface area contributed by atoms with Gasteiger partial charge in [0.2, 0.25) is 5.95 Å². The molecule has 0 saturated heterocycles. The standard InChI is InChI=1S/C23H29N5O3/c1-4-18-17-11-12-20(29)28(16-9-7-5-6-8-10-16)21(17)26-23(25-18)24-15-13-19(22(30)31-3)27(2)14-15/h11-14,16H,4-10H2,1-3H3,(H,24,25,26). The van der Waals surface area contributed by atoms with Crippen LogP contribution in [-0.2, 0) is 18.2 Å². The second-order valence-electron chi connectivity index (χ2n) is 8.11. The molecule has 0 bridgehead atoms. The molecule has 3 aromatic rings. The first-order valence-electron chi connectivity index (χ1n) is 11.0. The van der Waals surface area contributed by atoms with E-state index in [4.69, 9.17) is 14.7 Å². The number of anilines is 2. The number of fused-ring (bicyclic) bond motifs is 1. The van der Waals surface area contributed by atoms with E-state index in [2.05, 4.69) is 5.32 Å². The number of esters is 1. The SMILES string of the molecule is CCc1nc(Nc2cc(C(=O)OC)n(C)c2)nc2c1ccc(=O)n2C1CCCCCC1. The Balaban J connectivity index is 1.79. The summed E-state index contributed by atoms with van der Waals surface area (Å²) in [5.74, 6) is 0.00534. The second-order valence-corrected chi connectivity index (χ2v) is 8.11. The molecule has 8 nitrogen and oxygen atoms in total. The highest BCUT2D eigenvalue weighted by molar-refractivity contribution is 5.89. The molecular formula is C23H29N5O3. The largest absolute Gasteiger partial charge is 0.464 e. The molecule has 1 saturated carbocycles. The fourth-order valence-corrected chi connectivity index (χ4v) is 4.46.